The van der Waals surface area contributed by atoms with Gasteiger partial charge < -0.3 is 14.5 Å². The second-order valence-corrected chi connectivity index (χ2v) is 5.37. The van der Waals surface area contributed by atoms with E-state index in [1.807, 2.05) is 12.1 Å². The van der Waals surface area contributed by atoms with E-state index in [0.29, 0.717) is 24.3 Å². The van der Waals surface area contributed by atoms with Gasteiger partial charge in [0, 0.05) is 17.5 Å². The van der Waals surface area contributed by atoms with Crippen molar-refractivity contribution in [2.75, 3.05) is 13.2 Å². The summed E-state index contributed by atoms with van der Waals surface area (Å²) in [7, 11) is 0. The number of nitrogens with one attached hydrogen (secondary N) is 1. The minimum Gasteiger partial charge on any atom is -0.462 e. The van der Waals surface area contributed by atoms with Gasteiger partial charge in [-0.2, -0.15) is 0 Å². The van der Waals surface area contributed by atoms with Crippen LogP contribution in [0.2, 0.25) is 0 Å². The lowest BCUT2D eigenvalue weighted by Gasteiger charge is -2.18. The van der Waals surface area contributed by atoms with Crippen LogP contribution >= 0.6 is 0 Å². The Morgan fingerprint density at radius 1 is 1.09 bits per heavy atom. The number of esters is 2. The van der Waals surface area contributed by atoms with Crippen LogP contribution in [0.1, 0.15) is 45.8 Å². The van der Waals surface area contributed by atoms with E-state index in [-0.39, 0.29) is 11.9 Å². The van der Waals surface area contributed by atoms with Gasteiger partial charge in [-0.25, -0.2) is 9.59 Å². The van der Waals surface area contributed by atoms with Crippen LogP contribution in [0.5, 0.6) is 0 Å². The van der Waals surface area contributed by atoms with Crippen LogP contribution in [0, 0.1) is 0 Å². The monoisotopic (exact) mass is 313 g/mol. The first-order valence-corrected chi connectivity index (χ1v) is 7.83. The number of hydrogen-bond acceptors (Lipinski definition) is 4. The zero-order valence-electron chi connectivity index (χ0n) is 13.3. The quantitative estimate of drug-likeness (QED) is 0.881. The maximum atomic E-state index is 12.2. The van der Waals surface area contributed by atoms with Crippen molar-refractivity contribution < 1.29 is 19.1 Å². The van der Waals surface area contributed by atoms with Crippen LogP contribution in [0.15, 0.2) is 24.4 Å². The van der Waals surface area contributed by atoms with E-state index in [1.54, 1.807) is 26.1 Å². The van der Waals surface area contributed by atoms with E-state index < -0.39 is 0 Å². The molecule has 1 aliphatic carbocycles. The maximum Gasteiger partial charge on any atom is 0.340 e. The van der Waals surface area contributed by atoms with Crippen molar-refractivity contribution in [1.82, 2.24) is 4.98 Å². The molecule has 2 aromatic rings. The van der Waals surface area contributed by atoms with E-state index in [0.717, 1.165) is 35.2 Å². The minimum atomic E-state index is -0.351. The van der Waals surface area contributed by atoms with E-state index >= 15 is 0 Å². The molecule has 1 N–H and O–H groups in total. The van der Waals surface area contributed by atoms with Crippen molar-refractivity contribution in [3.05, 3.63) is 46.8 Å². The van der Waals surface area contributed by atoms with Crippen molar-refractivity contribution in [2.24, 2.45) is 0 Å². The zero-order valence-corrected chi connectivity index (χ0v) is 13.3. The molecule has 23 heavy (non-hydrogen) atoms. The Kier molecular flexibility index (Phi) is 4.19. The first kappa shape index (κ1) is 15.3. The summed E-state index contributed by atoms with van der Waals surface area (Å²) in [6.45, 7) is 4.22. The average molecular weight is 313 g/mol. The molecule has 0 aliphatic heterocycles. The van der Waals surface area contributed by atoms with Gasteiger partial charge in [-0.05, 0) is 49.9 Å². The predicted octanol–water partition coefficient (Wildman–Crippen LogP) is 3.13. The first-order valence-electron chi connectivity index (χ1n) is 7.83. The molecule has 1 aliphatic rings. The van der Waals surface area contributed by atoms with Gasteiger partial charge in [-0.3, -0.25) is 0 Å². The second kappa shape index (κ2) is 6.28. The number of carbonyl (C=O) groups excluding carboxylic acids is 2. The molecule has 0 bridgehead atoms. The highest BCUT2D eigenvalue weighted by Gasteiger charge is 2.26. The largest absolute Gasteiger partial charge is 0.462 e. The molecule has 1 aromatic carbocycles. The average Bonchev–Trinajstić information content (AvgIpc) is 2.99. The SMILES string of the molecule is CCOC(=O)c1ccc2c(c1)-c1c(C(=O)OCC)c[nH]c1CC2. The van der Waals surface area contributed by atoms with Gasteiger partial charge in [0.25, 0.3) is 0 Å². The summed E-state index contributed by atoms with van der Waals surface area (Å²) in [4.78, 5) is 27.3. The van der Waals surface area contributed by atoms with Crippen molar-refractivity contribution in [1.29, 1.82) is 0 Å². The van der Waals surface area contributed by atoms with Crippen molar-refractivity contribution in [2.45, 2.75) is 26.7 Å². The zero-order chi connectivity index (χ0) is 16.4. The van der Waals surface area contributed by atoms with Crippen LogP contribution in [0.25, 0.3) is 11.1 Å². The van der Waals surface area contributed by atoms with Crippen LogP contribution in [0.3, 0.4) is 0 Å². The molecule has 0 saturated heterocycles. The summed E-state index contributed by atoms with van der Waals surface area (Å²) in [5.41, 5.74) is 4.88. The third kappa shape index (κ3) is 2.74. The summed E-state index contributed by atoms with van der Waals surface area (Å²) >= 11 is 0. The summed E-state index contributed by atoms with van der Waals surface area (Å²) in [6, 6.07) is 5.52. The molecule has 1 heterocycles. The highest BCUT2D eigenvalue weighted by atomic mass is 16.5. The maximum absolute atomic E-state index is 12.2. The molecule has 120 valence electrons. The Bertz CT molecular complexity index is 760. The first-order chi connectivity index (χ1) is 11.2. The third-order valence-corrected chi connectivity index (χ3v) is 3.99. The van der Waals surface area contributed by atoms with Crippen LogP contribution < -0.4 is 0 Å². The summed E-state index contributed by atoms with van der Waals surface area (Å²) in [6.07, 6.45) is 3.39. The lowest BCUT2D eigenvalue weighted by molar-refractivity contribution is 0.0518. The number of aromatic amines is 1. The van der Waals surface area contributed by atoms with Gasteiger partial charge in [-0.1, -0.05) is 6.07 Å². The molecular weight excluding hydrogens is 294 g/mol. The number of carbonyl (C=O) groups is 2. The van der Waals surface area contributed by atoms with Gasteiger partial charge in [0.15, 0.2) is 0 Å². The van der Waals surface area contributed by atoms with Gasteiger partial charge in [0.05, 0.1) is 24.3 Å². The number of ether oxygens (including phenoxy) is 2. The van der Waals surface area contributed by atoms with Gasteiger partial charge in [-0.15, -0.1) is 0 Å². The van der Waals surface area contributed by atoms with Gasteiger partial charge in [0.2, 0.25) is 0 Å². The van der Waals surface area contributed by atoms with Crippen molar-refractivity contribution in [3.8, 4) is 11.1 Å². The minimum absolute atomic E-state index is 0.328. The fraction of sp³-hybridized carbons (Fsp3) is 0.333. The number of benzene rings is 1. The Labute approximate surface area is 134 Å². The van der Waals surface area contributed by atoms with E-state index in [4.69, 9.17) is 9.47 Å². The fourth-order valence-corrected chi connectivity index (χ4v) is 2.97. The fourth-order valence-electron chi connectivity index (χ4n) is 2.97. The van der Waals surface area contributed by atoms with Crippen LogP contribution in [-0.2, 0) is 22.3 Å². The summed E-state index contributed by atoms with van der Waals surface area (Å²) < 4.78 is 10.2. The third-order valence-electron chi connectivity index (χ3n) is 3.99. The second-order valence-electron chi connectivity index (χ2n) is 5.37. The lowest BCUT2D eigenvalue weighted by Crippen LogP contribution is -2.11. The molecular formula is C18H19NO4. The Morgan fingerprint density at radius 2 is 1.83 bits per heavy atom. The molecule has 0 amide bonds. The molecule has 5 nitrogen and oxygen atoms in total. The lowest BCUT2D eigenvalue weighted by atomic mass is 9.86. The van der Waals surface area contributed by atoms with E-state index in [2.05, 4.69) is 4.98 Å². The van der Waals surface area contributed by atoms with Crippen molar-refractivity contribution in [3.63, 3.8) is 0 Å². The van der Waals surface area contributed by atoms with E-state index in [9.17, 15) is 9.59 Å². The molecule has 1 aromatic heterocycles. The molecule has 3 rings (SSSR count). The Hall–Kier alpha value is -2.56. The summed E-state index contributed by atoms with van der Waals surface area (Å²) in [5.74, 6) is -0.699. The predicted molar refractivity (Wildman–Crippen MR) is 85.5 cm³/mol. The number of aromatic nitrogens is 1. The topological polar surface area (TPSA) is 68.4 Å². The number of H-pyrrole nitrogens is 1. The van der Waals surface area contributed by atoms with Crippen molar-refractivity contribution >= 4 is 11.9 Å². The normalized spacial score (nSPS) is 12.3. The van der Waals surface area contributed by atoms with Crippen LogP contribution in [0.4, 0.5) is 0 Å². The standard InChI is InChI=1S/C18H19NO4/c1-3-22-17(20)12-6-5-11-7-8-15-16(13(11)9-12)14(10-19-15)18(21)23-4-2/h5-6,9-10,19H,3-4,7-8H2,1-2H3. The van der Waals surface area contributed by atoms with E-state index in [1.165, 1.54) is 0 Å². The summed E-state index contributed by atoms with van der Waals surface area (Å²) in [5, 5.41) is 0. The van der Waals surface area contributed by atoms with Crippen LogP contribution in [-0.4, -0.2) is 30.1 Å². The molecule has 0 atom stereocenters. The van der Waals surface area contributed by atoms with Gasteiger partial charge >= 0.3 is 11.9 Å². The Morgan fingerprint density at radius 3 is 2.57 bits per heavy atom. The number of hydrogen-bond donors (Lipinski definition) is 1. The van der Waals surface area contributed by atoms with Gasteiger partial charge in [0.1, 0.15) is 0 Å². The molecule has 0 spiro atoms. The Balaban J connectivity index is 2.08. The molecule has 0 saturated carbocycles. The molecule has 0 radical (unpaired) electrons. The molecule has 5 heteroatoms. The number of aryl methyl sites for hydroxylation is 2. The molecule has 0 unspecified atom stereocenters. The highest BCUT2D eigenvalue weighted by molar-refractivity contribution is 6.00. The number of rotatable bonds is 4. The molecule has 0 fully saturated rings. The number of fused-ring (bicyclic) bond motifs is 3. The smallest absolute Gasteiger partial charge is 0.340 e. The highest BCUT2D eigenvalue weighted by Crippen LogP contribution is 2.37.